The van der Waals surface area contributed by atoms with Crippen LogP contribution in [0.4, 0.5) is 17.3 Å². The Balaban J connectivity index is 1.44. The third-order valence-electron chi connectivity index (χ3n) is 6.28. The van der Waals surface area contributed by atoms with Gasteiger partial charge in [-0.05, 0) is 31.4 Å². The average molecular weight is 454 g/mol. The molecule has 2 fully saturated rings. The Bertz CT molecular complexity index is 1230. The maximum absolute atomic E-state index is 13.0. The maximum Gasteiger partial charge on any atom is 0.274 e. The maximum atomic E-state index is 13.0. The molecule has 0 radical (unpaired) electrons. The summed E-state index contributed by atoms with van der Waals surface area (Å²) in [6.07, 6.45) is 6.02. The van der Waals surface area contributed by atoms with E-state index in [9.17, 15) is 9.59 Å². The summed E-state index contributed by atoms with van der Waals surface area (Å²) in [5, 5.41) is 13.6. The lowest BCUT2D eigenvalue weighted by Gasteiger charge is -2.28. The molecule has 5 rings (SSSR count). The van der Waals surface area contributed by atoms with Crippen LogP contribution in [0.2, 0.25) is 0 Å². The average Bonchev–Trinajstić information content (AvgIpc) is 3.41. The molecule has 3 N–H and O–H groups in total. The van der Waals surface area contributed by atoms with E-state index in [1.807, 2.05) is 6.07 Å². The van der Waals surface area contributed by atoms with Gasteiger partial charge in [0.25, 0.3) is 11.5 Å². The number of nitrogens with one attached hydrogen (secondary N) is 3. The van der Waals surface area contributed by atoms with Gasteiger partial charge in [-0.3, -0.25) is 9.59 Å². The first-order chi connectivity index (χ1) is 16.1. The van der Waals surface area contributed by atoms with Crippen molar-refractivity contribution in [3.63, 3.8) is 0 Å². The van der Waals surface area contributed by atoms with Gasteiger partial charge >= 0.3 is 0 Å². The number of nitrogens with zero attached hydrogens (tertiary/aromatic N) is 4. The number of fused-ring (bicyclic) bond motifs is 1. The van der Waals surface area contributed by atoms with Crippen molar-refractivity contribution < 1.29 is 14.3 Å². The van der Waals surface area contributed by atoms with Crippen LogP contribution in [-0.2, 0) is 9.47 Å². The highest BCUT2D eigenvalue weighted by Gasteiger charge is 2.27. The first-order valence-corrected chi connectivity index (χ1v) is 11.0. The van der Waals surface area contributed by atoms with E-state index in [4.69, 9.17) is 9.47 Å². The highest BCUT2D eigenvalue weighted by molar-refractivity contribution is 6.00. The lowest BCUT2D eigenvalue weighted by Crippen LogP contribution is -2.37. The largest absolute Gasteiger partial charge is 0.381 e. The second kappa shape index (κ2) is 8.83. The Morgan fingerprint density at radius 3 is 2.85 bits per heavy atom. The molecule has 174 valence electrons. The Kier molecular flexibility index (Phi) is 5.73. The van der Waals surface area contributed by atoms with Gasteiger partial charge in [-0.15, -0.1) is 0 Å². The van der Waals surface area contributed by atoms with E-state index in [-0.39, 0.29) is 29.7 Å². The van der Waals surface area contributed by atoms with Crippen LogP contribution in [0.15, 0.2) is 35.4 Å². The number of methoxy groups -OCH3 is 1. The first kappa shape index (κ1) is 21.4. The summed E-state index contributed by atoms with van der Waals surface area (Å²) in [5.74, 6) is 0.831. The minimum atomic E-state index is -0.231. The molecule has 1 saturated heterocycles. The summed E-state index contributed by atoms with van der Waals surface area (Å²) in [6.45, 7) is 1.05. The molecule has 11 nitrogen and oxygen atoms in total. The molecule has 11 heteroatoms. The van der Waals surface area contributed by atoms with Crippen LogP contribution >= 0.6 is 0 Å². The summed E-state index contributed by atoms with van der Waals surface area (Å²) in [6, 6.07) is 5.36. The van der Waals surface area contributed by atoms with Gasteiger partial charge in [0.1, 0.15) is 22.9 Å². The molecule has 3 aromatic heterocycles. The summed E-state index contributed by atoms with van der Waals surface area (Å²) in [5.41, 5.74) is 1.00. The fourth-order valence-electron chi connectivity index (χ4n) is 4.33. The highest BCUT2D eigenvalue weighted by Crippen LogP contribution is 2.24. The number of hydrogen-bond acceptors (Lipinski definition) is 8. The van der Waals surface area contributed by atoms with Gasteiger partial charge in [0.2, 0.25) is 0 Å². The van der Waals surface area contributed by atoms with Crippen molar-refractivity contribution in [3.05, 3.63) is 46.5 Å². The molecular weight excluding hydrogens is 426 g/mol. The van der Waals surface area contributed by atoms with Crippen molar-refractivity contribution >= 4 is 28.9 Å². The van der Waals surface area contributed by atoms with Crippen LogP contribution in [0.1, 0.15) is 35.7 Å². The number of aromatic nitrogens is 4. The number of rotatable bonds is 7. The molecule has 1 aliphatic carbocycles. The van der Waals surface area contributed by atoms with Gasteiger partial charge in [0, 0.05) is 32.5 Å². The Labute approximate surface area is 190 Å². The molecule has 0 bridgehead atoms. The number of pyridine rings is 1. The second-order valence-corrected chi connectivity index (χ2v) is 8.36. The Morgan fingerprint density at radius 2 is 2.15 bits per heavy atom. The normalized spacial score (nSPS) is 20.5. The number of ether oxygens (including phenoxy) is 2. The van der Waals surface area contributed by atoms with Gasteiger partial charge < -0.3 is 30.0 Å². The fourth-order valence-corrected chi connectivity index (χ4v) is 4.33. The van der Waals surface area contributed by atoms with Crippen LogP contribution in [0.3, 0.4) is 0 Å². The van der Waals surface area contributed by atoms with E-state index >= 15 is 0 Å². The van der Waals surface area contributed by atoms with E-state index in [1.165, 1.54) is 6.20 Å². The molecule has 1 saturated carbocycles. The molecule has 3 aromatic rings. The molecule has 1 aliphatic heterocycles. The number of anilines is 3. The second-order valence-electron chi connectivity index (χ2n) is 8.36. The van der Waals surface area contributed by atoms with E-state index in [1.54, 1.807) is 41.6 Å². The quantitative estimate of drug-likeness (QED) is 0.492. The Morgan fingerprint density at radius 1 is 1.30 bits per heavy atom. The molecule has 4 heterocycles. The smallest absolute Gasteiger partial charge is 0.274 e. The summed E-state index contributed by atoms with van der Waals surface area (Å²) >= 11 is 0. The molecule has 2 atom stereocenters. The molecular formula is C22H27N7O4. The predicted molar refractivity (Wildman–Crippen MR) is 122 cm³/mol. The first-order valence-electron chi connectivity index (χ1n) is 11.0. The zero-order valence-corrected chi connectivity index (χ0v) is 18.6. The summed E-state index contributed by atoms with van der Waals surface area (Å²) in [7, 11) is 3.45. The zero-order valence-electron chi connectivity index (χ0n) is 18.6. The van der Waals surface area contributed by atoms with Gasteiger partial charge in [0.15, 0.2) is 5.65 Å². The van der Waals surface area contributed by atoms with Gasteiger partial charge in [-0.1, -0.05) is 0 Å². The van der Waals surface area contributed by atoms with Crippen molar-refractivity contribution in [2.75, 3.05) is 38.0 Å². The number of carbonyl (C=O) groups excluding carboxylic acids is 1. The topological polar surface area (TPSA) is 124 Å². The monoisotopic (exact) mass is 453 g/mol. The van der Waals surface area contributed by atoms with Crippen LogP contribution < -0.4 is 21.5 Å². The minimum Gasteiger partial charge on any atom is -0.381 e. The molecule has 33 heavy (non-hydrogen) atoms. The number of hydrogen-bond donors (Lipinski definition) is 3. The molecule has 0 spiro atoms. The highest BCUT2D eigenvalue weighted by atomic mass is 16.5. The van der Waals surface area contributed by atoms with Crippen molar-refractivity contribution in [2.45, 2.75) is 37.5 Å². The molecule has 1 amide bonds. The van der Waals surface area contributed by atoms with Crippen LogP contribution in [0, 0.1) is 0 Å². The summed E-state index contributed by atoms with van der Waals surface area (Å²) in [4.78, 5) is 30.5. The third kappa shape index (κ3) is 4.05. The van der Waals surface area contributed by atoms with Crippen LogP contribution in [0.25, 0.3) is 5.65 Å². The Hall–Kier alpha value is -3.44. The number of amides is 1. The van der Waals surface area contributed by atoms with Gasteiger partial charge in [-0.2, -0.15) is 9.61 Å². The van der Waals surface area contributed by atoms with E-state index < -0.39 is 0 Å². The molecule has 0 unspecified atom stereocenters. The summed E-state index contributed by atoms with van der Waals surface area (Å²) < 4.78 is 13.8. The van der Waals surface area contributed by atoms with Gasteiger partial charge in [-0.25, -0.2) is 4.98 Å². The minimum absolute atomic E-state index is 0.0426. The van der Waals surface area contributed by atoms with Crippen molar-refractivity contribution in [3.8, 4) is 0 Å². The lowest BCUT2D eigenvalue weighted by molar-refractivity contribution is -0.0247. The lowest BCUT2D eigenvalue weighted by atomic mass is 10.2. The third-order valence-corrected chi connectivity index (χ3v) is 6.28. The van der Waals surface area contributed by atoms with E-state index in [2.05, 4.69) is 26.0 Å². The van der Waals surface area contributed by atoms with Gasteiger partial charge in [0.05, 0.1) is 31.6 Å². The molecule has 0 aromatic carbocycles. The van der Waals surface area contributed by atoms with Crippen molar-refractivity contribution in [1.82, 2.24) is 24.5 Å². The predicted octanol–water partition coefficient (Wildman–Crippen LogP) is 1.54. The standard InChI is InChI=1S/C22H27N7O4/c1-23-19-9-18(26-17-4-3-7-28(22(17)31)14-11-33-12-14)27-20-16(10-24-29(19)20)21(30)25-13-5-6-15(8-13)32-2/h3-4,7,9-10,13-15,23H,5-6,8,11-12H2,1-2H3,(H,25,30)(H,26,27)/t13-,15-/m0/s1. The van der Waals surface area contributed by atoms with Crippen LogP contribution in [-0.4, -0.2) is 64.6 Å². The van der Waals surface area contributed by atoms with Crippen LogP contribution in [0.5, 0.6) is 0 Å². The molecule has 2 aliphatic rings. The fraction of sp³-hybridized carbons (Fsp3) is 0.455. The van der Waals surface area contributed by atoms with Crippen molar-refractivity contribution in [1.29, 1.82) is 0 Å². The van der Waals surface area contributed by atoms with Crippen molar-refractivity contribution in [2.24, 2.45) is 0 Å². The number of carbonyl (C=O) groups is 1. The van der Waals surface area contributed by atoms with E-state index in [0.717, 1.165) is 19.3 Å². The van der Waals surface area contributed by atoms with E-state index in [0.29, 0.717) is 41.7 Å². The zero-order chi connectivity index (χ0) is 22.9. The SMILES string of the molecule is CNc1cc(Nc2cccn(C3COC3)c2=O)nc2c(C(=O)N[C@H]3CC[C@H](OC)C3)cnn12.